The fourth-order valence-electron chi connectivity index (χ4n) is 3.63. The molecule has 5 heteroatoms. The highest BCUT2D eigenvalue weighted by Crippen LogP contribution is 2.29. The minimum absolute atomic E-state index is 0.229. The summed E-state index contributed by atoms with van der Waals surface area (Å²) in [6, 6.07) is 19.4. The van der Waals surface area contributed by atoms with Crippen molar-refractivity contribution in [2.75, 3.05) is 6.61 Å². The van der Waals surface area contributed by atoms with Crippen LogP contribution in [-0.4, -0.2) is 29.2 Å². The zero-order valence-electron chi connectivity index (χ0n) is 16.0. The molecule has 1 saturated carbocycles. The molecule has 0 aliphatic heterocycles. The molecule has 28 heavy (non-hydrogen) atoms. The van der Waals surface area contributed by atoms with Crippen LogP contribution in [0.25, 0.3) is 0 Å². The van der Waals surface area contributed by atoms with Crippen LogP contribution >= 0.6 is 0 Å². The second-order valence-corrected chi connectivity index (χ2v) is 7.39. The van der Waals surface area contributed by atoms with E-state index in [4.69, 9.17) is 4.74 Å². The van der Waals surface area contributed by atoms with E-state index in [1.807, 2.05) is 60.7 Å². The summed E-state index contributed by atoms with van der Waals surface area (Å²) in [5.41, 5.74) is 0.642. The number of esters is 1. The molecular weight excluding hydrogens is 354 g/mol. The monoisotopic (exact) mass is 381 g/mol. The van der Waals surface area contributed by atoms with Gasteiger partial charge in [-0.05, 0) is 43.2 Å². The number of hydrogen-bond acceptors (Lipinski definition) is 4. The maximum absolute atomic E-state index is 12.4. The van der Waals surface area contributed by atoms with Crippen LogP contribution in [0.2, 0.25) is 0 Å². The van der Waals surface area contributed by atoms with E-state index in [1.165, 1.54) is 0 Å². The Kier molecular flexibility index (Phi) is 6.82. The van der Waals surface area contributed by atoms with Crippen molar-refractivity contribution in [3.8, 4) is 0 Å². The Morgan fingerprint density at radius 1 is 0.964 bits per heavy atom. The molecule has 148 valence electrons. The lowest BCUT2D eigenvalue weighted by molar-refractivity contribution is -0.170. The van der Waals surface area contributed by atoms with Gasteiger partial charge in [-0.3, -0.25) is 4.79 Å². The van der Waals surface area contributed by atoms with Gasteiger partial charge in [0.1, 0.15) is 0 Å². The van der Waals surface area contributed by atoms with Gasteiger partial charge in [0.2, 0.25) is 0 Å². The highest BCUT2D eigenvalue weighted by atomic mass is 16.6. The summed E-state index contributed by atoms with van der Waals surface area (Å²) >= 11 is 0. The molecule has 1 amide bonds. The van der Waals surface area contributed by atoms with Gasteiger partial charge in [0.25, 0.3) is 5.91 Å². The zero-order chi connectivity index (χ0) is 19.8. The van der Waals surface area contributed by atoms with Crippen molar-refractivity contribution in [3.63, 3.8) is 0 Å². The van der Waals surface area contributed by atoms with Crippen LogP contribution in [0.15, 0.2) is 60.7 Å². The maximum atomic E-state index is 12.4. The highest BCUT2D eigenvalue weighted by molar-refractivity contribution is 5.84. The topological polar surface area (TPSA) is 75.6 Å². The van der Waals surface area contributed by atoms with Crippen molar-refractivity contribution < 1.29 is 19.4 Å². The van der Waals surface area contributed by atoms with E-state index in [-0.39, 0.29) is 18.6 Å². The first-order valence-electron chi connectivity index (χ1n) is 9.85. The third kappa shape index (κ3) is 5.42. The number of ether oxygens (including phenoxy) is 1. The molecule has 0 aromatic heterocycles. The van der Waals surface area contributed by atoms with Gasteiger partial charge in [0, 0.05) is 0 Å². The summed E-state index contributed by atoms with van der Waals surface area (Å²) in [4.78, 5) is 24.7. The average Bonchev–Trinajstić information content (AvgIpc) is 2.73. The molecule has 1 aliphatic carbocycles. The minimum atomic E-state index is -1.44. The fraction of sp³-hybridized carbons (Fsp3) is 0.391. The Morgan fingerprint density at radius 3 is 2.21 bits per heavy atom. The van der Waals surface area contributed by atoms with Crippen LogP contribution in [0.1, 0.15) is 49.3 Å². The van der Waals surface area contributed by atoms with Crippen LogP contribution in [-0.2, 0) is 20.7 Å². The van der Waals surface area contributed by atoms with E-state index in [0.29, 0.717) is 19.3 Å². The van der Waals surface area contributed by atoms with E-state index in [9.17, 15) is 14.7 Å². The van der Waals surface area contributed by atoms with Crippen LogP contribution in [0.4, 0.5) is 0 Å². The summed E-state index contributed by atoms with van der Waals surface area (Å²) in [5.74, 6) is -1.07. The first kappa shape index (κ1) is 20.1. The van der Waals surface area contributed by atoms with Gasteiger partial charge in [0.15, 0.2) is 12.2 Å². The summed E-state index contributed by atoms with van der Waals surface area (Å²) in [6.45, 7) is -0.390. The lowest BCUT2D eigenvalue weighted by Crippen LogP contribution is -2.43. The van der Waals surface area contributed by atoms with Gasteiger partial charge < -0.3 is 15.2 Å². The van der Waals surface area contributed by atoms with E-state index < -0.39 is 11.6 Å². The molecule has 0 heterocycles. The zero-order valence-corrected chi connectivity index (χ0v) is 16.0. The summed E-state index contributed by atoms with van der Waals surface area (Å²) in [7, 11) is 0. The van der Waals surface area contributed by atoms with Crippen molar-refractivity contribution in [3.05, 3.63) is 71.8 Å². The Labute approximate surface area is 165 Å². The van der Waals surface area contributed by atoms with Gasteiger partial charge in [-0.25, -0.2) is 4.79 Å². The van der Waals surface area contributed by atoms with Crippen molar-refractivity contribution in [1.29, 1.82) is 0 Å². The Hall–Kier alpha value is -2.66. The number of aliphatic hydroxyl groups is 1. The van der Waals surface area contributed by atoms with Gasteiger partial charge in [-0.15, -0.1) is 0 Å². The Balaban J connectivity index is 1.60. The number of carbonyl (C=O) groups is 2. The molecule has 0 saturated heterocycles. The van der Waals surface area contributed by atoms with Crippen molar-refractivity contribution in [2.24, 2.45) is 0 Å². The molecule has 2 aromatic carbocycles. The standard InChI is InChI=1S/C23H27NO4/c25-21(17-28-22(26)23(27)14-8-3-9-15-23)24-20(19-12-6-2-7-13-19)16-18-10-4-1-5-11-18/h1-2,4-7,10-13,20,27H,3,8-9,14-17H2,(H,24,25). The first-order chi connectivity index (χ1) is 13.6. The molecule has 1 atom stereocenters. The SMILES string of the molecule is O=C(COC(=O)C1(O)CCCCC1)NC(Cc1ccccc1)c1ccccc1. The minimum Gasteiger partial charge on any atom is -0.453 e. The summed E-state index contributed by atoms with van der Waals surface area (Å²) in [5, 5.41) is 13.4. The second kappa shape index (κ2) is 9.51. The lowest BCUT2D eigenvalue weighted by Gasteiger charge is -2.29. The number of rotatable bonds is 7. The molecule has 3 rings (SSSR count). The summed E-state index contributed by atoms with van der Waals surface area (Å²) in [6.07, 6.45) is 4.03. The van der Waals surface area contributed by atoms with E-state index in [2.05, 4.69) is 5.32 Å². The van der Waals surface area contributed by atoms with Crippen LogP contribution in [0.3, 0.4) is 0 Å². The van der Waals surface area contributed by atoms with Gasteiger partial charge in [-0.2, -0.15) is 0 Å². The number of nitrogens with one attached hydrogen (secondary N) is 1. The molecule has 1 aliphatic rings. The van der Waals surface area contributed by atoms with Crippen molar-refractivity contribution in [1.82, 2.24) is 5.32 Å². The van der Waals surface area contributed by atoms with Crippen molar-refractivity contribution in [2.45, 2.75) is 50.2 Å². The second-order valence-electron chi connectivity index (χ2n) is 7.39. The smallest absolute Gasteiger partial charge is 0.338 e. The van der Waals surface area contributed by atoms with E-state index in [0.717, 1.165) is 30.4 Å². The molecule has 0 bridgehead atoms. The Morgan fingerprint density at radius 2 is 1.57 bits per heavy atom. The molecule has 1 unspecified atom stereocenters. The number of carbonyl (C=O) groups excluding carboxylic acids is 2. The molecule has 2 aromatic rings. The molecule has 0 spiro atoms. The van der Waals surface area contributed by atoms with Crippen LogP contribution < -0.4 is 5.32 Å². The van der Waals surface area contributed by atoms with Gasteiger partial charge in [-0.1, -0.05) is 67.1 Å². The fourth-order valence-corrected chi connectivity index (χ4v) is 3.63. The average molecular weight is 381 g/mol. The number of amides is 1. The third-order valence-corrected chi connectivity index (χ3v) is 5.21. The van der Waals surface area contributed by atoms with Crippen molar-refractivity contribution >= 4 is 11.9 Å². The normalized spacial score (nSPS) is 16.8. The third-order valence-electron chi connectivity index (χ3n) is 5.21. The quantitative estimate of drug-likeness (QED) is 0.722. The molecule has 2 N–H and O–H groups in total. The lowest BCUT2D eigenvalue weighted by atomic mass is 9.85. The van der Waals surface area contributed by atoms with Crippen LogP contribution in [0.5, 0.6) is 0 Å². The van der Waals surface area contributed by atoms with Gasteiger partial charge in [0.05, 0.1) is 6.04 Å². The molecule has 5 nitrogen and oxygen atoms in total. The van der Waals surface area contributed by atoms with Gasteiger partial charge >= 0.3 is 5.97 Å². The maximum Gasteiger partial charge on any atom is 0.338 e. The van der Waals surface area contributed by atoms with Crippen LogP contribution in [0, 0.1) is 0 Å². The largest absolute Gasteiger partial charge is 0.453 e. The van der Waals surface area contributed by atoms with E-state index in [1.54, 1.807) is 0 Å². The molecule has 1 fully saturated rings. The number of hydrogen-bond donors (Lipinski definition) is 2. The predicted molar refractivity (Wildman–Crippen MR) is 106 cm³/mol. The predicted octanol–water partition coefficient (Wildman–Crippen LogP) is 3.33. The molecular formula is C23H27NO4. The highest BCUT2D eigenvalue weighted by Gasteiger charge is 2.39. The Bertz CT molecular complexity index is 770. The summed E-state index contributed by atoms with van der Waals surface area (Å²) < 4.78 is 5.13. The van der Waals surface area contributed by atoms with E-state index >= 15 is 0 Å². The first-order valence-corrected chi connectivity index (χ1v) is 9.85. The molecule has 0 radical (unpaired) electrons. The number of benzene rings is 2.